The van der Waals surface area contributed by atoms with Crippen molar-refractivity contribution in [2.24, 2.45) is 0 Å². The van der Waals surface area contributed by atoms with E-state index in [2.05, 4.69) is 10.8 Å². The fourth-order valence-corrected chi connectivity index (χ4v) is 3.12. The zero-order valence-electron chi connectivity index (χ0n) is 15.1. The molecule has 1 atom stereocenters. The number of hydrogen-bond donors (Lipinski definition) is 2. The van der Waals surface area contributed by atoms with E-state index in [1.807, 2.05) is 0 Å². The highest BCUT2D eigenvalue weighted by atomic mass is 35.5. The van der Waals surface area contributed by atoms with Gasteiger partial charge in [-0.05, 0) is 24.3 Å². The van der Waals surface area contributed by atoms with Gasteiger partial charge in [0.2, 0.25) is 6.79 Å². The van der Waals surface area contributed by atoms with E-state index in [0.29, 0.717) is 45.0 Å². The predicted octanol–water partition coefficient (Wildman–Crippen LogP) is 2.97. The summed E-state index contributed by atoms with van der Waals surface area (Å²) in [6, 6.07) is 8.50. The van der Waals surface area contributed by atoms with Crippen LogP contribution in [0.25, 0.3) is 5.70 Å². The van der Waals surface area contributed by atoms with Gasteiger partial charge in [-0.3, -0.25) is 15.1 Å². The molecule has 2 aromatic rings. The lowest BCUT2D eigenvalue weighted by Gasteiger charge is -2.12. The molecule has 2 aliphatic heterocycles. The number of fused-ring (bicyclic) bond motifs is 1. The van der Waals surface area contributed by atoms with Gasteiger partial charge in [0, 0.05) is 23.4 Å². The van der Waals surface area contributed by atoms with Crippen LogP contribution in [0.2, 0.25) is 5.02 Å². The first kappa shape index (κ1) is 18.3. The number of nitrogens with one attached hydrogen (secondary N) is 2. The van der Waals surface area contributed by atoms with Crippen LogP contribution < -0.4 is 29.7 Å². The molecular weight excluding hydrogens is 388 g/mol. The minimum absolute atomic E-state index is 0.167. The molecule has 1 amide bonds. The second-order valence-corrected chi connectivity index (χ2v) is 6.37. The summed E-state index contributed by atoms with van der Waals surface area (Å²) in [5.74, 6) is 1.89. The Morgan fingerprint density at radius 2 is 1.93 bits per heavy atom. The summed E-state index contributed by atoms with van der Waals surface area (Å²) >= 11 is 6.21. The number of benzene rings is 2. The van der Waals surface area contributed by atoms with Gasteiger partial charge < -0.3 is 24.3 Å². The molecule has 0 aliphatic carbocycles. The molecule has 0 aromatic heterocycles. The minimum atomic E-state index is -0.842. The van der Waals surface area contributed by atoms with E-state index < -0.39 is 6.10 Å². The molecule has 0 bridgehead atoms. The van der Waals surface area contributed by atoms with Crippen LogP contribution in [0.1, 0.15) is 5.56 Å². The maximum Gasteiger partial charge on any atom is 0.260 e. The van der Waals surface area contributed by atoms with E-state index in [4.69, 9.17) is 35.4 Å². The van der Waals surface area contributed by atoms with Crippen LogP contribution >= 0.6 is 11.6 Å². The first-order valence-corrected chi connectivity index (χ1v) is 8.72. The molecule has 28 heavy (non-hydrogen) atoms. The summed E-state index contributed by atoms with van der Waals surface area (Å²) < 4.78 is 21.2. The predicted molar refractivity (Wildman–Crippen MR) is 102 cm³/mol. The van der Waals surface area contributed by atoms with Crippen molar-refractivity contribution in [3.05, 3.63) is 47.0 Å². The normalized spacial score (nSPS) is 17.0. The molecule has 146 valence electrons. The van der Waals surface area contributed by atoms with Gasteiger partial charge in [-0.2, -0.15) is 0 Å². The Hall–Kier alpha value is -3.10. The highest BCUT2D eigenvalue weighted by molar-refractivity contribution is 6.32. The summed E-state index contributed by atoms with van der Waals surface area (Å²) in [4.78, 5) is 17.9. The fraction of sp³-hybridized carbons (Fsp3) is 0.211. The largest absolute Gasteiger partial charge is 0.496 e. The lowest BCUT2D eigenvalue weighted by molar-refractivity contribution is -0.125. The van der Waals surface area contributed by atoms with E-state index >= 15 is 0 Å². The molecule has 2 N–H and O–H groups in total. The molecule has 0 spiro atoms. The van der Waals surface area contributed by atoms with Gasteiger partial charge in [-0.25, -0.2) is 0 Å². The molecule has 9 heteroatoms. The van der Waals surface area contributed by atoms with E-state index in [-0.39, 0.29) is 12.7 Å². The summed E-state index contributed by atoms with van der Waals surface area (Å²) in [7, 11) is 3.05. The van der Waals surface area contributed by atoms with Crippen molar-refractivity contribution in [3.8, 4) is 23.0 Å². The average molecular weight is 405 g/mol. The molecule has 0 fully saturated rings. The van der Waals surface area contributed by atoms with Gasteiger partial charge >= 0.3 is 0 Å². The third-order valence-corrected chi connectivity index (χ3v) is 4.57. The molecule has 0 saturated heterocycles. The molecule has 8 nitrogen and oxygen atoms in total. The Bertz CT molecular complexity index is 962. The van der Waals surface area contributed by atoms with Gasteiger partial charge in [0.25, 0.3) is 5.91 Å². The van der Waals surface area contributed by atoms with Crippen LogP contribution in [0, 0.1) is 0 Å². The molecule has 2 aromatic carbocycles. The first-order chi connectivity index (χ1) is 13.6. The van der Waals surface area contributed by atoms with Crippen molar-refractivity contribution in [1.29, 1.82) is 0 Å². The van der Waals surface area contributed by atoms with Gasteiger partial charge in [0.1, 0.15) is 11.5 Å². The van der Waals surface area contributed by atoms with Crippen molar-refractivity contribution in [2.45, 2.75) is 6.10 Å². The zero-order chi connectivity index (χ0) is 19.7. The Balaban J connectivity index is 1.52. The Morgan fingerprint density at radius 1 is 1.14 bits per heavy atom. The molecule has 2 heterocycles. The second-order valence-electron chi connectivity index (χ2n) is 5.97. The van der Waals surface area contributed by atoms with E-state index in [1.165, 1.54) is 14.2 Å². The quantitative estimate of drug-likeness (QED) is 0.792. The van der Waals surface area contributed by atoms with Crippen LogP contribution in [0.5, 0.6) is 23.0 Å². The van der Waals surface area contributed by atoms with Gasteiger partial charge in [0.15, 0.2) is 17.6 Å². The number of carbonyl (C=O) groups excluding carboxylic acids is 1. The van der Waals surface area contributed by atoms with Crippen molar-refractivity contribution in [3.63, 3.8) is 0 Å². The van der Waals surface area contributed by atoms with Crippen LogP contribution in [0.3, 0.4) is 0 Å². The number of rotatable bonds is 5. The Kier molecular flexibility index (Phi) is 4.89. The highest BCUT2D eigenvalue weighted by Crippen LogP contribution is 2.37. The third-order valence-electron chi connectivity index (χ3n) is 4.28. The SMILES string of the molecule is COc1cc(OC)c(C2=C[C@@H](C(=O)Nc3ccc4c(c3)OCO4)ON2)cc1Cl. The smallest absolute Gasteiger partial charge is 0.260 e. The number of ether oxygens (including phenoxy) is 4. The Morgan fingerprint density at radius 3 is 2.71 bits per heavy atom. The van der Waals surface area contributed by atoms with Crippen LogP contribution in [-0.4, -0.2) is 33.0 Å². The molecule has 0 unspecified atom stereocenters. The number of halogens is 1. The van der Waals surface area contributed by atoms with Gasteiger partial charge in [0.05, 0.1) is 24.9 Å². The van der Waals surface area contributed by atoms with E-state index in [0.717, 1.165) is 0 Å². The van der Waals surface area contributed by atoms with Gasteiger partial charge in [-0.15, -0.1) is 0 Å². The van der Waals surface area contributed by atoms with Crippen molar-refractivity contribution < 1.29 is 28.6 Å². The number of carbonyl (C=O) groups is 1. The van der Waals surface area contributed by atoms with E-state index in [9.17, 15) is 4.79 Å². The van der Waals surface area contributed by atoms with Crippen molar-refractivity contribution >= 4 is 28.9 Å². The highest BCUT2D eigenvalue weighted by Gasteiger charge is 2.27. The first-order valence-electron chi connectivity index (χ1n) is 8.35. The summed E-state index contributed by atoms with van der Waals surface area (Å²) in [6.45, 7) is 0.167. The molecule has 2 aliphatic rings. The zero-order valence-corrected chi connectivity index (χ0v) is 15.8. The molecule has 4 rings (SSSR count). The fourth-order valence-electron chi connectivity index (χ4n) is 2.88. The minimum Gasteiger partial charge on any atom is -0.496 e. The van der Waals surface area contributed by atoms with Crippen LogP contribution in [0.15, 0.2) is 36.4 Å². The van der Waals surface area contributed by atoms with Crippen molar-refractivity contribution in [1.82, 2.24) is 5.48 Å². The van der Waals surface area contributed by atoms with Crippen molar-refractivity contribution in [2.75, 3.05) is 26.3 Å². The van der Waals surface area contributed by atoms with Gasteiger partial charge in [-0.1, -0.05) is 11.6 Å². The summed E-state index contributed by atoms with van der Waals surface area (Å²) in [5, 5.41) is 3.19. The topological polar surface area (TPSA) is 87.3 Å². The maximum absolute atomic E-state index is 12.5. The number of hydrogen-bond acceptors (Lipinski definition) is 7. The lowest BCUT2D eigenvalue weighted by Crippen LogP contribution is -2.28. The molecule has 0 radical (unpaired) electrons. The monoisotopic (exact) mass is 404 g/mol. The van der Waals surface area contributed by atoms with Crippen LogP contribution in [-0.2, 0) is 9.63 Å². The number of anilines is 1. The summed E-state index contributed by atoms with van der Waals surface area (Å²) in [5.41, 5.74) is 4.53. The number of methoxy groups -OCH3 is 2. The number of hydroxylamine groups is 1. The Labute approximate surface area is 165 Å². The maximum atomic E-state index is 12.5. The molecular formula is C19H17ClN2O6. The second kappa shape index (κ2) is 7.49. The molecule has 0 saturated carbocycles. The third kappa shape index (κ3) is 3.39. The average Bonchev–Trinajstić information content (AvgIpc) is 3.37. The number of amides is 1. The summed E-state index contributed by atoms with van der Waals surface area (Å²) in [6.07, 6.45) is 0.800. The standard InChI is InChI=1S/C19H17ClN2O6/c1-24-15-8-16(25-2)12(20)6-11(15)13-7-18(28-22-13)19(23)21-10-3-4-14-17(5-10)27-9-26-14/h3-8,18,22H,9H2,1-2H3,(H,21,23)/t18-/m0/s1. The van der Waals surface area contributed by atoms with E-state index in [1.54, 1.807) is 36.4 Å². The lowest BCUT2D eigenvalue weighted by atomic mass is 10.1. The van der Waals surface area contributed by atoms with Crippen LogP contribution in [0.4, 0.5) is 5.69 Å².